The highest BCUT2D eigenvalue weighted by Crippen LogP contribution is 2.70. The van der Waals surface area contributed by atoms with Crippen molar-refractivity contribution in [2.45, 2.75) is 89.9 Å². The molecule has 9 atom stereocenters. The molecule has 0 aromatic carbocycles. The second-order valence-electron chi connectivity index (χ2n) is 13.0. The molecule has 9 heteroatoms. The highest BCUT2D eigenvalue weighted by Gasteiger charge is 2.71. The van der Waals surface area contributed by atoms with E-state index >= 15 is 0 Å². The molecule has 5 rings (SSSR count). The molecule has 0 aromatic heterocycles. The van der Waals surface area contributed by atoms with Crippen molar-refractivity contribution in [3.63, 3.8) is 0 Å². The molecule has 9 nitrogen and oxygen atoms in total. The summed E-state index contributed by atoms with van der Waals surface area (Å²) in [5.41, 5.74) is 4.89. The third kappa shape index (κ3) is 4.15. The molecule has 1 heterocycles. The van der Waals surface area contributed by atoms with E-state index in [4.69, 9.17) is 19.9 Å². The molecular weight excluding hydrogens is 488 g/mol. The Bertz CT molecular complexity index is 1010. The van der Waals surface area contributed by atoms with Crippen LogP contribution in [0.15, 0.2) is 11.6 Å². The Morgan fingerprint density at radius 1 is 1.18 bits per heavy atom. The van der Waals surface area contributed by atoms with E-state index in [9.17, 15) is 19.5 Å². The molecule has 0 aromatic rings. The fraction of sp³-hybridized carbons (Fsp3) is 0.828. The van der Waals surface area contributed by atoms with E-state index < -0.39 is 17.1 Å². The van der Waals surface area contributed by atoms with Gasteiger partial charge in [-0.1, -0.05) is 13.8 Å². The molecule has 1 amide bonds. The lowest BCUT2D eigenvalue weighted by Crippen LogP contribution is -2.62. The summed E-state index contributed by atoms with van der Waals surface area (Å²) in [6.45, 7) is 6.68. The second kappa shape index (κ2) is 9.81. The predicted molar refractivity (Wildman–Crippen MR) is 139 cm³/mol. The van der Waals surface area contributed by atoms with Gasteiger partial charge >= 0.3 is 18.0 Å². The molecule has 212 valence electrons. The van der Waals surface area contributed by atoms with Crippen LogP contribution in [-0.4, -0.2) is 72.6 Å². The zero-order valence-electron chi connectivity index (χ0n) is 23.2. The van der Waals surface area contributed by atoms with E-state index in [2.05, 4.69) is 13.8 Å². The number of esters is 2. The summed E-state index contributed by atoms with van der Waals surface area (Å²) in [7, 11) is 1.83. The number of aliphatic hydroxyl groups is 1. The average Bonchev–Trinajstić information content (AvgIpc) is 3.38. The number of nitrogens with two attached hydrogens (primary N) is 1. The van der Waals surface area contributed by atoms with Gasteiger partial charge in [-0.15, -0.1) is 0 Å². The Morgan fingerprint density at radius 2 is 1.95 bits per heavy atom. The van der Waals surface area contributed by atoms with Gasteiger partial charge in [0, 0.05) is 50.4 Å². The van der Waals surface area contributed by atoms with Gasteiger partial charge in [0.05, 0.1) is 5.60 Å². The van der Waals surface area contributed by atoms with Gasteiger partial charge in [-0.3, -0.25) is 4.79 Å². The number of hydrogen-bond donors (Lipinski definition) is 2. The first-order valence-corrected chi connectivity index (χ1v) is 14.3. The molecule has 0 saturated heterocycles. The molecular formula is C29H44N2O7. The van der Waals surface area contributed by atoms with Gasteiger partial charge in [-0.25, -0.2) is 9.59 Å². The minimum Gasteiger partial charge on any atom is -0.462 e. The van der Waals surface area contributed by atoms with Crippen molar-refractivity contribution in [2.75, 3.05) is 26.8 Å². The van der Waals surface area contributed by atoms with Crippen molar-refractivity contribution in [3.05, 3.63) is 11.6 Å². The standard InChI is InChI=1S/C29H44N2O7/c1-17(32)38-23-15-29(35)22-6-5-19-14-20(31(4)26(34)36-12-11-30)7-9-27(19,2)21(22)8-10-28(29,3)25(23)18-13-24(33)37-16-18/h13,19-23,25,35H,5-12,14-16,30H2,1-4H3/t19-,20-,21-,22-,23-,25+,27-,28-,29-/m1/s1. The molecule has 4 aliphatic carbocycles. The van der Waals surface area contributed by atoms with Crippen LogP contribution in [0.4, 0.5) is 4.79 Å². The summed E-state index contributed by atoms with van der Waals surface area (Å²) in [4.78, 5) is 38.3. The zero-order valence-corrected chi connectivity index (χ0v) is 23.2. The first-order valence-electron chi connectivity index (χ1n) is 14.3. The van der Waals surface area contributed by atoms with Crippen molar-refractivity contribution in [2.24, 2.45) is 40.2 Å². The Hall–Kier alpha value is -2.13. The molecule has 3 N–H and O–H groups in total. The third-order valence-electron chi connectivity index (χ3n) is 11.4. The average molecular weight is 533 g/mol. The number of carbonyl (C=O) groups excluding carboxylic acids is 3. The van der Waals surface area contributed by atoms with Crippen LogP contribution in [0, 0.1) is 34.5 Å². The predicted octanol–water partition coefficient (Wildman–Crippen LogP) is 3.18. The zero-order chi connectivity index (χ0) is 27.5. The van der Waals surface area contributed by atoms with Crippen LogP contribution in [0.1, 0.15) is 72.1 Å². The Morgan fingerprint density at radius 3 is 2.61 bits per heavy atom. The summed E-state index contributed by atoms with van der Waals surface area (Å²) in [6.07, 6.45) is 7.67. The molecule has 0 spiro atoms. The highest BCUT2D eigenvalue weighted by atomic mass is 16.6. The number of ether oxygens (including phenoxy) is 3. The van der Waals surface area contributed by atoms with Crippen LogP contribution >= 0.6 is 0 Å². The van der Waals surface area contributed by atoms with Crippen LogP contribution in [-0.2, 0) is 23.8 Å². The number of carbonyl (C=O) groups is 3. The van der Waals surface area contributed by atoms with Crippen LogP contribution in [0.25, 0.3) is 0 Å². The quantitative estimate of drug-likeness (QED) is 0.408. The number of amides is 1. The van der Waals surface area contributed by atoms with E-state index in [0.717, 1.165) is 50.5 Å². The van der Waals surface area contributed by atoms with Gasteiger partial charge in [-0.2, -0.15) is 0 Å². The van der Waals surface area contributed by atoms with Gasteiger partial charge in [0.2, 0.25) is 0 Å². The van der Waals surface area contributed by atoms with Gasteiger partial charge in [0.1, 0.15) is 19.3 Å². The first kappa shape index (κ1) is 27.4. The number of rotatable bonds is 5. The first-order chi connectivity index (χ1) is 17.9. The largest absolute Gasteiger partial charge is 0.462 e. The van der Waals surface area contributed by atoms with Crippen molar-refractivity contribution < 1.29 is 33.7 Å². The lowest BCUT2D eigenvalue weighted by atomic mass is 9.43. The van der Waals surface area contributed by atoms with Crippen LogP contribution in [0.2, 0.25) is 0 Å². The van der Waals surface area contributed by atoms with Crippen LogP contribution < -0.4 is 5.73 Å². The Labute approximate surface area is 225 Å². The lowest BCUT2D eigenvalue weighted by Gasteiger charge is -2.63. The molecule has 0 unspecified atom stereocenters. The van der Waals surface area contributed by atoms with Crippen molar-refractivity contribution in [1.82, 2.24) is 4.90 Å². The third-order valence-corrected chi connectivity index (χ3v) is 11.4. The fourth-order valence-corrected chi connectivity index (χ4v) is 9.50. The monoisotopic (exact) mass is 532 g/mol. The minimum atomic E-state index is -0.999. The van der Waals surface area contributed by atoms with Crippen molar-refractivity contribution in [3.8, 4) is 0 Å². The van der Waals surface area contributed by atoms with E-state index in [1.807, 2.05) is 7.05 Å². The van der Waals surface area contributed by atoms with E-state index in [1.54, 1.807) is 11.0 Å². The summed E-state index contributed by atoms with van der Waals surface area (Å²) in [5.74, 6) is -0.0642. The minimum absolute atomic E-state index is 0.0687. The number of cyclic esters (lactones) is 1. The Balaban J connectivity index is 1.39. The normalized spacial score (nSPS) is 43.7. The van der Waals surface area contributed by atoms with E-state index in [0.29, 0.717) is 24.8 Å². The molecule has 38 heavy (non-hydrogen) atoms. The van der Waals surface area contributed by atoms with Crippen LogP contribution in [0.5, 0.6) is 0 Å². The molecule has 5 aliphatic rings. The summed E-state index contributed by atoms with van der Waals surface area (Å²) < 4.78 is 16.4. The summed E-state index contributed by atoms with van der Waals surface area (Å²) >= 11 is 0. The maximum Gasteiger partial charge on any atom is 0.409 e. The second-order valence-corrected chi connectivity index (χ2v) is 13.0. The number of nitrogens with zero attached hydrogens (tertiary/aromatic N) is 1. The molecule has 0 radical (unpaired) electrons. The van der Waals surface area contributed by atoms with Gasteiger partial charge in [0.25, 0.3) is 0 Å². The topological polar surface area (TPSA) is 128 Å². The molecule has 4 fully saturated rings. The number of hydrogen-bond acceptors (Lipinski definition) is 8. The van der Waals surface area contributed by atoms with Crippen molar-refractivity contribution in [1.29, 1.82) is 0 Å². The van der Waals surface area contributed by atoms with Gasteiger partial charge in [-0.05, 0) is 73.7 Å². The maximum absolute atomic E-state index is 12.6. The summed E-state index contributed by atoms with van der Waals surface area (Å²) in [5, 5.41) is 12.6. The number of fused-ring (bicyclic) bond motifs is 5. The highest BCUT2D eigenvalue weighted by molar-refractivity contribution is 5.85. The van der Waals surface area contributed by atoms with Crippen LogP contribution in [0.3, 0.4) is 0 Å². The summed E-state index contributed by atoms with van der Waals surface area (Å²) in [6, 6.07) is 0.142. The van der Waals surface area contributed by atoms with E-state index in [1.165, 1.54) is 6.92 Å². The van der Waals surface area contributed by atoms with Gasteiger partial charge in [0.15, 0.2) is 0 Å². The SMILES string of the molecule is CC(=O)O[C@@H]1C[C@@]2(O)[C@@H]3CC[C@@H]4C[C@H](N(C)C(=O)OCCN)CC[C@@]4(C)[C@@H]3CC[C@]2(C)[C@H]1C1=CC(=O)OC1. The van der Waals surface area contributed by atoms with Crippen molar-refractivity contribution >= 4 is 18.0 Å². The smallest absolute Gasteiger partial charge is 0.409 e. The maximum atomic E-state index is 12.6. The fourth-order valence-electron chi connectivity index (χ4n) is 9.50. The molecule has 4 saturated carbocycles. The van der Waals surface area contributed by atoms with Gasteiger partial charge < -0.3 is 30.0 Å². The molecule has 1 aliphatic heterocycles. The molecule has 0 bridgehead atoms. The Kier molecular flexibility index (Phi) is 7.08. The lowest BCUT2D eigenvalue weighted by molar-refractivity contribution is -0.206. The van der Waals surface area contributed by atoms with E-state index in [-0.39, 0.29) is 54.5 Å².